The molecule has 12 heavy (non-hydrogen) atoms. The summed E-state index contributed by atoms with van der Waals surface area (Å²) in [5, 5.41) is 0.759. The van der Waals surface area contributed by atoms with Crippen LogP contribution in [0.1, 0.15) is 0 Å². The summed E-state index contributed by atoms with van der Waals surface area (Å²) in [6.45, 7) is 0. The van der Waals surface area contributed by atoms with Gasteiger partial charge in [-0.25, -0.2) is 0 Å². The molecule has 0 aliphatic carbocycles. The summed E-state index contributed by atoms with van der Waals surface area (Å²) in [7, 11) is 0. The highest BCUT2D eigenvalue weighted by Crippen LogP contribution is 2.18. The number of aromatic amines is 1. The molecular formula is C10H7ClN. The standard InChI is InChI=1S/C10H7ClN/c11-9-5-3-8(4-6-9)10-2-1-7-12-10/h1-6,12H. The van der Waals surface area contributed by atoms with Gasteiger partial charge in [-0.1, -0.05) is 23.7 Å². The minimum absolute atomic E-state index is 0.759. The molecule has 1 aromatic carbocycles. The van der Waals surface area contributed by atoms with Crippen molar-refractivity contribution in [3.63, 3.8) is 0 Å². The Balaban J connectivity index is 2.43. The minimum atomic E-state index is 0.759. The van der Waals surface area contributed by atoms with Crippen molar-refractivity contribution in [2.75, 3.05) is 0 Å². The van der Waals surface area contributed by atoms with Crippen LogP contribution < -0.4 is 0 Å². The molecule has 0 saturated heterocycles. The molecule has 0 bridgehead atoms. The van der Waals surface area contributed by atoms with Crippen LogP contribution >= 0.6 is 11.6 Å². The molecule has 2 rings (SSSR count). The Labute approximate surface area is 76.0 Å². The summed E-state index contributed by atoms with van der Waals surface area (Å²) in [4.78, 5) is 3.00. The molecule has 2 heteroatoms. The minimum Gasteiger partial charge on any atom is -0.353 e. The molecule has 1 heterocycles. The molecular weight excluding hydrogens is 170 g/mol. The van der Waals surface area contributed by atoms with Gasteiger partial charge >= 0.3 is 0 Å². The van der Waals surface area contributed by atoms with Crippen molar-refractivity contribution in [1.29, 1.82) is 0 Å². The molecule has 0 amide bonds. The molecule has 0 unspecified atom stereocenters. The van der Waals surface area contributed by atoms with E-state index in [0.29, 0.717) is 0 Å². The lowest BCUT2D eigenvalue weighted by Gasteiger charge is -1.96. The summed E-state index contributed by atoms with van der Waals surface area (Å²) in [5.74, 6) is 0. The fourth-order valence-electron chi connectivity index (χ4n) is 1.08. The number of halogens is 1. The molecule has 0 aliphatic heterocycles. The van der Waals surface area contributed by atoms with Crippen molar-refractivity contribution in [3.05, 3.63) is 47.6 Å². The zero-order chi connectivity index (χ0) is 8.39. The van der Waals surface area contributed by atoms with Gasteiger partial charge in [0.05, 0.1) is 6.20 Å². The molecule has 1 N–H and O–H groups in total. The highest BCUT2D eigenvalue weighted by Gasteiger charge is 1.95. The lowest BCUT2D eigenvalue weighted by atomic mass is 10.2. The largest absolute Gasteiger partial charge is 0.353 e. The second kappa shape index (κ2) is 3.03. The van der Waals surface area contributed by atoms with Crippen LogP contribution in [-0.2, 0) is 0 Å². The molecule has 1 nitrogen and oxygen atoms in total. The Bertz CT molecular complexity index is 348. The van der Waals surface area contributed by atoms with E-state index >= 15 is 0 Å². The van der Waals surface area contributed by atoms with Gasteiger partial charge in [-0.2, -0.15) is 0 Å². The van der Waals surface area contributed by atoms with Crippen molar-refractivity contribution >= 4 is 11.6 Å². The molecule has 59 valence electrons. The summed E-state index contributed by atoms with van der Waals surface area (Å²) in [5.41, 5.74) is 2.19. The number of rotatable bonds is 1. The summed E-state index contributed by atoms with van der Waals surface area (Å²) >= 11 is 5.76. The summed E-state index contributed by atoms with van der Waals surface area (Å²) in [6, 6.07) is 11.5. The third kappa shape index (κ3) is 1.36. The van der Waals surface area contributed by atoms with Gasteiger partial charge in [-0.15, -0.1) is 0 Å². The third-order valence-electron chi connectivity index (χ3n) is 1.70. The van der Waals surface area contributed by atoms with E-state index in [9.17, 15) is 0 Å². The predicted octanol–water partition coefficient (Wildman–Crippen LogP) is 3.14. The predicted molar refractivity (Wildman–Crippen MR) is 50.1 cm³/mol. The molecule has 2 aromatic rings. The zero-order valence-corrected chi connectivity index (χ0v) is 7.10. The fourth-order valence-corrected chi connectivity index (χ4v) is 1.21. The van der Waals surface area contributed by atoms with Crippen LogP contribution in [0, 0.1) is 6.20 Å². The topological polar surface area (TPSA) is 15.8 Å². The second-order valence-corrected chi connectivity index (χ2v) is 2.96. The van der Waals surface area contributed by atoms with Crippen molar-refractivity contribution in [3.8, 4) is 11.3 Å². The average molecular weight is 177 g/mol. The van der Waals surface area contributed by atoms with Crippen LogP contribution in [0.2, 0.25) is 5.02 Å². The van der Waals surface area contributed by atoms with E-state index in [1.165, 1.54) is 0 Å². The number of aromatic nitrogens is 1. The third-order valence-corrected chi connectivity index (χ3v) is 1.95. The van der Waals surface area contributed by atoms with Gasteiger partial charge in [0.15, 0.2) is 0 Å². The van der Waals surface area contributed by atoms with Gasteiger partial charge in [0.2, 0.25) is 0 Å². The average Bonchev–Trinajstić information content (AvgIpc) is 2.58. The van der Waals surface area contributed by atoms with Crippen LogP contribution in [0.25, 0.3) is 11.3 Å². The lowest BCUT2D eigenvalue weighted by molar-refractivity contribution is 1.39. The van der Waals surface area contributed by atoms with E-state index in [4.69, 9.17) is 11.6 Å². The van der Waals surface area contributed by atoms with E-state index in [1.54, 1.807) is 0 Å². The Morgan fingerprint density at radius 2 is 1.83 bits per heavy atom. The van der Waals surface area contributed by atoms with Crippen molar-refractivity contribution in [2.45, 2.75) is 0 Å². The van der Waals surface area contributed by atoms with Crippen LogP contribution in [0.3, 0.4) is 0 Å². The van der Waals surface area contributed by atoms with Gasteiger partial charge in [-0.3, -0.25) is 0 Å². The molecule has 1 radical (unpaired) electrons. The SMILES string of the molecule is Clc1ccc(-c2cc[c][nH]2)cc1. The van der Waals surface area contributed by atoms with E-state index in [0.717, 1.165) is 16.3 Å². The van der Waals surface area contributed by atoms with E-state index in [-0.39, 0.29) is 0 Å². The number of benzene rings is 1. The molecule has 0 spiro atoms. The van der Waals surface area contributed by atoms with Gasteiger partial charge in [-0.05, 0) is 29.8 Å². The highest BCUT2D eigenvalue weighted by atomic mass is 35.5. The smallest absolute Gasteiger partial charge is 0.0624 e. The Morgan fingerprint density at radius 1 is 1.08 bits per heavy atom. The van der Waals surface area contributed by atoms with Crippen molar-refractivity contribution in [1.82, 2.24) is 4.98 Å². The first-order chi connectivity index (χ1) is 5.86. The van der Waals surface area contributed by atoms with Crippen LogP contribution in [0.15, 0.2) is 36.4 Å². The van der Waals surface area contributed by atoms with E-state index < -0.39 is 0 Å². The molecule has 0 saturated carbocycles. The molecule has 0 fully saturated rings. The first-order valence-electron chi connectivity index (χ1n) is 3.67. The molecule has 0 aliphatic rings. The highest BCUT2D eigenvalue weighted by molar-refractivity contribution is 6.30. The summed E-state index contributed by atoms with van der Waals surface area (Å²) < 4.78 is 0. The van der Waals surface area contributed by atoms with Gasteiger partial charge < -0.3 is 4.98 Å². The quantitative estimate of drug-likeness (QED) is 0.687. The van der Waals surface area contributed by atoms with Gasteiger partial charge in [0.1, 0.15) is 0 Å². The van der Waals surface area contributed by atoms with Crippen LogP contribution in [0.4, 0.5) is 0 Å². The molecule has 1 aromatic heterocycles. The fraction of sp³-hybridized carbons (Fsp3) is 0. The zero-order valence-electron chi connectivity index (χ0n) is 6.34. The normalized spacial score (nSPS) is 10.1. The van der Waals surface area contributed by atoms with Crippen LogP contribution in [-0.4, -0.2) is 4.98 Å². The van der Waals surface area contributed by atoms with Crippen molar-refractivity contribution < 1.29 is 0 Å². The summed E-state index contributed by atoms with van der Waals surface area (Å²) in [6.07, 6.45) is 2.88. The Morgan fingerprint density at radius 3 is 2.42 bits per heavy atom. The first kappa shape index (κ1) is 7.44. The number of H-pyrrole nitrogens is 1. The van der Waals surface area contributed by atoms with Crippen molar-refractivity contribution in [2.24, 2.45) is 0 Å². The Kier molecular flexibility index (Phi) is 1.88. The lowest BCUT2D eigenvalue weighted by Crippen LogP contribution is -1.74. The monoisotopic (exact) mass is 176 g/mol. The number of nitrogens with one attached hydrogen (secondary N) is 1. The maximum Gasteiger partial charge on any atom is 0.0624 e. The van der Waals surface area contributed by atoms with Crippen LogP contribution in [0.5, 0.6) is 0 Å². The Hall–Kier alpha value is -1.21. The van der Waals surface area contributed by atoms with E-state index in [2.05, 4.69) is 11.2 Å². The first-order valence-corrected chi connectivity index (χ1v) is 4.05. The number of hydrogen-bond acceptors (Lipinski definition) is 0. The maximum absolute atomic E-state index is 5.76. The second-order valence-electron chi connectivity index (χ2n) is 2.52. The maximum atomic E-state index is 5.76. The number of hydrogen-bond donors (Lipinski definition) is 1. The van der Waals surface area contributed by atoms with E-state index in [1.807, 2.05) is 36.4 Å². The van der Waals surface area contributed by atoms with Gasteiger partial charge in [0.25, 0.3) is 0 Å². The van der Waals surface area contributed by atoms with Gasteiger partial charge in [0, 0.05) is 10.7 Å². The molecule has 0 atom stereocenters.